The van der Waals surface area contributed by atoms with E-state index in [1.165, 1.54) is 5.57 Å². The van der Waals surface area contributed by atoms with E-state index in [0.717, 1.165) is 32.1 Å². The number of hydrogen-bond acceptors (Lipinski definition) is 3. The summed E-state index contributed by atoms with van der Waals surface area (Å²) in [6.07, 6.45) is 10.2. The van der Waals surface area contributed by atoms with Crippen LogP contribution in [0.1, 0.15) is 58.3 Å². The van der Waals surface area contributed by atoms with Gasteiger partial charge in [0.25, 0.3) is 0 Å². The number of ketones is 1. The van der Waals surface area contributed by atoms with Crippen LogP contribution < -0.4 is 0 Å². The highest BCUT2D eigenvalue weighted by Crippen LogP contribution is 2.77. The summed E-state index contributed by atoms with van der Waals surface area (Å²) in [5, 5.41) is 21.0. The molecule has 4 nitrogen and oxygen atoms in total. The fraction of sp³-hybridized carbons (Fsp3) is 0.750. The van der Waals surface area contributed by atoms with E-state index in [2.05, 4.69) is 19.6 Å². The van der Waals surface area contributed by atoms with Gasteiger partial charge in [0.2, 0.25) is 0 Å². The Bertz CT molecular complexity index is 769. The maximum Gasteiger partial charge on any atom is 0.303 e. The summed E-state index contributed by atoms with van der Waals surface area (Å²) < 4.78 is 0. The van der Waals surface area contributed by atoms with E-state index in [9.17, 15) is 19.8 Å². The summed E-state index contributed by atoms with van der Waals surface area (Å²) in [5.74, 6) is 2.72. The Morgan fingerprint density at radius 2 is 2.14 bits per heavy atom. The van der Waals surface area contributed by atoms with Crippen LogP contribution in [-0.4, -0.2) is 27.6 Å². The number of carbonyl (C=O) groups excluding carboxylic acids is 1. The highest BCUT2D eigenvalue weighted by Gasteiger charge is 2.75. The number of allylic oxidation sites excluding steroid dienone is 2. The zero-order chi connectivity index (χ0) is 19.8. The number of carboxylic acids is 1. The SMILES string of the molecule is C=C[C@@H]1CC2=CC(=O)CC[C@@H]2[C@H]2CC[C@@]3(C)[C@@H]([C@H]4C[C@H]4[C@@]3(O)CCC(=O)O)[C@@H]21. The Labute approximate surface area is 167 Å². The van der Waals surface area contributed by atoms with E-state index in [1.54, 1.807) is 0 Å². The average molecular weight is 385 g/mol. The van der Waals surface area contributed by atoms with Gasteiger partial charge in [-0.3, -0.25) is 9.59 Å². The normalized spacial score (nSPS) is 51.3. The molecule has 0 aromatic rings. The molecule has 0 aromatic heterocycles. The molecule has 0 heterocycles. The molecule has 5 rings (SSSR count). The van der Waals surface area contributed by atoms with Crippen LogP contribution in [0.3, 0.4) is 0 Å². The number of carbonyl (C=O) groups is 2. The van der Waals surface area contributed by atoms with Crippen LogP contribution in [0.4, 0.5) is 0 Å². The number of carboxylic acid groups (broad SMARTS) is 1. The highest BCUT2D eigenvalue weighted by atomic mass is 16.4. The molecule has 28 heavy (non-hydrogen) atoms. The first-order chi connectivity index (χ1) is 13.3. The fourth-order valence-electron chi connectivity index (χ4n) is 8.40. The second-order valence-corrected chi connectivity index (χ2v) is 10.5. The second kappa shape index (κ2) is 6.04. The summed E-state index contributed by atoms with van der Waals surface area (Å²) in [4.78, 5) is 23.2. The minimum atomic E-state index is -0.837. The molecule has 5 aliphatic carbocycles. The topological polar surface area (TPSA) is 74.6 Å². The van der Waals surface area contributed by atoms with Gasteiger partial charge in [0.05, 0.1) is 5.60 Å². The minimum Gasteiger partial charge on any atom is -0.481 e. The molecular formula is C24H32O4. The number of aliphatic hydroxyl groups is 1. The van der Waals surface area contributed by atoms with E-state index < -0.39 is 11.6 Å². The van der Waals surface area contributed by atoms with Gasteiger partial charge in [0.15, 0.2) is 5.78 Å². The molecule has 152 valence electrons. The predicted molar refractivity (Wildman–Crippen MR) is 105 cm³/mol. The standard InChI is InChI=1S/C24H32O4/c1-3-13-10-14-11-15(25)4-5-16(14)17-6-8-23(2)22(21(13)17)18-12-19(18)24(23,28)9-7-20(26)27/h3,11,13,16-19,21-22,28H,1,4-10,12H2,2H3,(H,26,27)/t13-,16+,17-,18+,19-,21-,22+,23+,24+/m1/s1. The summed E-state index contributed by atoms with van der Waals surface area (Å²) in [6.45, 7) is 6.40. The quantitative estimate of drug-likeness (QED) is 0.719. The zero-order valence-corrected chi connectivity index (χ0v) is 16.8. The molecule has 4 saturated carbocycles. The van der Waals surface area contributed by atoms with Crippen molar-refractivity contribution in [3.05, 3.63) is 24.3 Å². The number of aliphatic carboxylic acids is 1. The molecule has 2 N–H and O–H groups in total. The van der Waals surface area contributed by atoms with Gasteiger partial charge >= 0.3 is 5.97 Å². The lowest BCUT2D eigenvalue weighted by molar-refractivity contribution is -0.156. The van der Waals surface area contributed by atoms with Crippen molar-refractivity contribution < 1.29 is 19.8 Å². The molecular weight excluding hydrogens is 352 g/mol. The van der Waals surface area contributed by atoms with Crippen molar-refractivity contribution in [2.75, 3.05) is 0 Å². The van der Waals surface area contributed by atoms with Crippen LogP contribution in [0.15, 0.2) is 24.3 Å². The lowest BCUT2D eigenvalue weighted by atomic mass is 9.46. The van der Waals surface area contributed by atoms with E-state index in [-0.39, 0.29) is 23.5 Å². The van der Waals surface area contributed by atoms with Crippen LogP contribution in [0.5, 0.6) is 0 Å². The van der Waals surface area contributed by atoms with Gasteiger partial charge in [-0.2, -0.15) is 0 Å². The number of rotatable bonds is 4. The molecule has 4 heteroatoms. The van der Waals surface area contributed by atoms with Gasteiger partial charge in [-0.1, -0.05) is 18.6 Å². The van der Waals surface area contributed by atoms with Crippen molar-refractivity contribution in [2.24, 2.45) is 46.8 Å². The lowest BCUT2D eigenvalue weighted by Gasteiger charge is -2.59. The molecule has 0 bridgehead atoms. The number of hydrogen-bond donors (Lipinski definition) is 2. The third-order valence-electron chi connectivity index (χ3n) is 9.57. The van der Waals surface area contributed by atoms with E-state index in [0.29, 0.717) is 48.3 Å². The monoisotopic (exact) mass is 384 g/mol. The first-order valence-corrected chi connectivity index (χ1v) is 11.1. The van der Waals surface area contributed by atoms with Crippen molar-refractivity contribution >= 4 is 11.8 Å². The maximum atomic E-state index is 12.0. The summed E-state index contributed by atoms with van der Waals surface area (Å²) in [6, 6.07) is 0. The molecule has 0 aromatic carbocycles. The van der Waals surface area contributed by atoms with Gasteiger partial charge in [-0.05, 0) is 91.4 Å². The first-order valence-electron chi connectivity index (χ1n) is 11.1. The smallest absolute Gasteiger partial charge is 0.303 e. The third-order valence-corrected chi connectivity index (χ3v) is 9.57. The maximum absolute atomic E-state index is 12.0. The average Bonchev–Trinajstić information content (AvgIpc) is 3.42. The van der Waals surface area contributed by atoms with Gasteiger partial charge in [-0.25, -0.2) is 0 Å². The molecule has 9 atom stereocenters. The highest BCUT2D eigenvalue weighted by molar-refractivity contribution is 5.91. The van der Waals surface area contributed by atoms with Crippen molar-refractivity contribution in [2.45, 2.75) is 63.9 Å². The molecule has 0 aliphatic heterocycles. The summed E-state index contributed by atoms with van der Waals surface area (Å²) >= 11 is 0. The van der Waals surface area contributed by atoms with Crippen molar-refractivity contribution in [1.82, 2.24) is 0 Å². The second-order valence-electron chi connectivity index (χ2n) is 10.5. The van der Waals surface area contributed by atoms with E-state index >= 15 is 0 Å². The van der Waals surface area contributed by atoms with Gasteiger partial charge in [0.1, 0.15) is 0 Å². The Morgan fingerprint density at radius 1 is 1.36 bits per heavy atom. The van der Waals surface area contributed by atoms with E-state index in [1.807, 2.05) is 6.08 Å². The Morgan fingerprint density at radius 3 is 2.86 bits per heavy atom. The molecule has 0 unspecified atom stereocenters. The van der Waals surface area contributed by atoms with Crippen LogP contribution in [-0.2, 0) is 9.59 Å². The molecule has 4 fully saturated rings. The Kier molecular flexibility index (Phi) is 4.01. The first kappa shape index (κ1) is 18.6. The molecule has 0 radical (unpaired) electrons. The van der Waals surface area contributed by atoms with Crippen LogP contribution in [0, 0.1) is 46.8 Å². The predicted octanol–water partition coefficient (Wildman–Crippen LogP) is 3.99. The van der Waals surface area contributed by atoms with Crippen LogP contribution >= 0.6 is 0 Å². The van der Waals surface area contributed by atoms with Crippen molar-refractivity contribution in [1.29, 1.82) is 0 Å². The third kappa shape index (κ3) is 2.33. The fourth-order valence-corrected chi connectivity index (χ4v) is 8.40. The summed E-state index contributed by atoms with van der Waals surface area (Å²) in [5.41, 5.74) is 0.317. The van der Waals surface area contributed by atoms with Crippen molar-refractivity contribution in [3.63, 3.8) is 0 Å². The molecule has 0 saturated heterocycles. The van der Waals surface area contributed by atoms with Crippen LogP contribution in [0.25, 0.3) is 0 Å². The molecule has 0 amide bonds. The number of fused-ring (bicyclic) bond motifs is 7. The van der Waals surface area contributed by atoms with E-state index in [4.69, 9.17) is 0 Å². The van der Waals surface area contributed by atoms with Gasteiger partial charge in [0, 0.05) is 12.8 Å². The largest absolute Gasteiger partial charge is 0.481 e. The summed E-state index contributed by atoms with van der Waals surface area (Å²) in [7, 11) is 0. The van der Waals surface area contributed by atoms with Crippen molar-refractivity contribution in [3.8, 4) is 0 Å². The lowest BCUT2D eigenvalue weighted by Crippen LogP contribution is -2.56. The van der Waals surface area contributed by atoms with Gasteiger partial charge in [-0.15, -0.1) is 6.58 Å². The molecule has 0 spiro atoms. The van der Waals surface area contributed by atoms with Gasteiger partial charge < -0.3 is 10.2 Å². The Hall–Kier alpha value is -1.42. The van der Waals surface area contributed by atoms with Crippen LogP contribution in [0.2, 0.25) is 0 Å². The zero-order valence-electron chi connectivity index (χ0n) is 16.8. The molecule has 5 aliphatic rings. The Balaban J connectivity index is 1.51. The minimum absolute atomic E-state index is 0.0542.